The van der Waals surface area contributed by atoms with E-state index < -0.39 is 0 Å². The highest BCUT2D eigenvalue weighted by Crippen LogP contribution is 2.05. The van der Waals surface area contributed by atoms with Crippen LogP contribution in [0.5, 0.6) is 0 Å². The van der Waals surface area contributed by atoms with E-state index in [9.17, 15) is 4.79 Å². The summed E-state index contributed by atoms with van der Waals surface area (Å²) in [5, 5.41) is 19.0. The summed E-state index contributed by atoms with van der Waals surface area (Å²) in [6.45, 7) is 2.84. The minimum Gasteiger partial charge on any atom is -0.372 e. The Morgan fingerprint density at radius 2 is 2.29 bits per heavy atom. The zero-order valence-electron chi connectivity index (χ0n) is 9.97. The van der Waals surface area contributed by atoms with Gasteiger partial charge in [0.15, 0.2) is 5.69 Å². The number of anilines is 1. The zero-order chi connectivity index (χ0) is 12.7. The van der Waals surface area contributed by atoms with Crippen LogP contribution in [0.1, 0.15) is 23.8 Å². The van der Waals surface area contributed by atoms with Gasteiger partial charge in [-0.2, -0.15) is 5.26 Å². The van der Waals surface area contributed by atoms with E-state index in [1.807, 2.05) is 13.0 Å². The summed E-state index contributed by atoms with van der Waals surface area (Å²) >= 11 is 0. The second-order valence-electron chi connectivity index (χ2n) is 3.35. The zero-order valence-corrected chi connectivity index (χ0v) is 9.97. The van der Waals surface area contributed by atoms with Crippen molar-refractivity contribution in [2.24, 2.45) is 0 Å². The molecule has 0 aliphatic carbocycles. The second-order valence-corrected chi connectivity index (χ2v) is 3.35. The van der Waals surface area contributed by atoms with E-state index in [2.05, 4.69) is 15.5 Å². The molecule has 0 saturated carbocycles. The van der Waals surface area contributed by atoms with Gasteiger partial charge in [-0.3, -0.25) is 4.79 Å². The van der Waals surface area contributed by atoms with Crippen molar-refractivity contribution >= 4 is 11.7 Å². The highest BCUT2D eigenvalue weighted by molar-refractivity contribution is 5.92. The van der Waals surface area contributed by atoms with Crippen LogP contribution < -0.4 is 5.32 Å². The largest absolute Gasteiger partial charge is 0.372 e. The van der Waals surface area contributed by atoms with Crippen LogP contribution in [-0.2, 0) is 0 Å². The molecule has 90 valence electrons. The molecule has 1 N–H and O–H groups in total. The number of aromatic nitrogens is 2. The maximum Gasteiger partial charge on any atom is 0.274 e. The van der Waals surface area contributed by atoms with Gasteiger partial charge in [-0.15, -0.1) is 10.2 Å². The average molecular weight is 233 g/mol. The summed E-state index contributed by atoms with van der Waals surface area (Å²) in [5.74, 6) is 0.416. The van der Waals surface area contributed by atoms with Crippen LogP contribution in [-0.4, -0.2) is 41.1 Å². The first-order valence-electron chi connectivity index (χ1n) is 5.40. The predicted octanol–water partition coefficient (Wildman–Crippen LogP) is 0.894. The lowest BCUT2D eigenvalue weighted by Gasteiger charge is -2.18. The average Bonchev–Trinajstić information content (AvgIpc) is 2.39. The van der Waals surface area contributed by atoms with Gasteiger partial charge in [0.1, 0.15) is 5.82 Å². The molecule has 0 spiro atoms. The summed E-state index contributed by atoms with van der Waals surface area (Å²) < 4.78 is 0. The van der Waals surface area contributed by atoms with Gasteiger partial charge >= 0.3 is 0 Å². The second kappa shape index (κ2) is 6.43. The summed E-state index contributed by atoms with van der Waals surface area (Å²) in [6, 6.07) is 5.33. The number of carbonyl (C=O) groups is 1. The maximum absolute atomic E-state index is 12.0. The summed E-state index contributed by atoms with van der Waals surface area (Å²) in [7, 11) is 1.73. The molecular weight excluding hydrogens is 218 g/mol. The summed E-state index contributed by atoms with van der Waals surface area (Å²) in [6.07, 6.45) is 0.321. The van der Waals surface area contributed by atoms with Gasteiger partial charge in [0.25, 0.3) is 5.91 Å². The number of nitrogens with one attached hydrogen (secondary N) is 1. The van der Waals surface area contributed by atoms with E-state index in [1.165, 1.54) is 0 Å². The lowest BCUT2D eigenvalue weighted by Crippen LogP contribution is -2.32. The lowest BCUT2D eigenvalue weighted by atomic mass is 10.3. The SMILES string of the molecule is CCN(CCC#N)C(=O)c1ccc(NC)nn1. The Balaban J connectivity index is 2.75. The third kappa shape index (κ3) is 3.41. The van der Waals surface area contributed by atoms with Crippen molar-refractivity contribution in [3.63, 3.8) is 0 Å². The molecule has 0 aliphatic heterocycles. The first-order valence-corrected chi connectivity index (χ1v) is 5.40. The standard InChI is InChI=1S/C11H15N5O/c1-3-16(8-4-7-12)11(17)9-5-6-10(13-2)15-14-9/h5-6H,3-4,8H2,1-2H3,(H,13,15). The predicted molar refractivity (Wildman–Crippen MR) is 63.4 cm³/mol. The fourth-order valence-corrected chi connectivity index (χ4v) is 1.33. The first-order chi connectivity index (χ1) is 8.22. The summed E-state index contributed by atoms with van der Waals surface area (Å²) in [4.78, 5) is 13.6. The molecule has 1 aromatic rings. The van der Waals surface area contributed by atoms with Gasteiger partial charge < -0.3 is 10.2 Å². The normalized spacial score (nSPS) is 9.47. The molecule has 0 radical (unpaired) electrons. The Bertz CT molecular complexity index is 409. The third-order valence-electron chi connectivity index (χ3n) is 2.30. The third-order valence-corrected chi connectivity index (χ3v) is 2.30. The molecular formula is C11H15N5O. The smallest absolute Gasteiger partial charge is 0.274 e. The Morgan fingerprint density at radius 3 is 2.76 bits per heavy atom. The van der Waals surface area contributed by atoms with Crippen LogP contribution >= 0.6 is 0 Å². The minimum absolute atomic E-state index is 0.196. The van der Waals surface area contributed by atoms with E-state index >= 15 is 0 Å². The lowest BCUT2D eigenvalue weighted by molar-refractivity contribution is 0.0761. The van der Waals surface area contributed by atoms with Crippen molar-refractivity contribution in [3.8, 4) is 6.07 Å². The Hall–Kier alpha value is -2.16. The number of hydrogen-bond acceptors (Lipinski definition) is 5. The van der Waals surface area contributed by atoms with Gasteiger partial charge in [0.2, 0.25) is 0 Å². The molecule has 6 nitrogen and oxygen atoms in total. The number of rotatable bonds is 5. The Morgan fingerprint density at radius 1 is 1.53 bits per heavy atom. The molecule has 0 bridgehead atoms. The number of carbonyl (C=O) groups excluding carboxylic acids is 1. The summed E-state index contributed by atoms with van der Waals surface area (Å²) in [5.41, 5.74) is 0.295. The van der Waals surface area contributed by atoms with Crippen molar-refractivity contribution in [2.75, 3.05) is 25.5 Å². The highest BCUT2D eigenvalue weighted by Gasteiger charge is 2.15. The number of hydrogen-bond donors (Lipinski definition) is 1. The fourth-order valence-electron chi connectivity index (χ4n) is 1.33. The monoisotopic (exact) mass is 233 g/mol. The molecule has 6 heteroatoms. The molecule has 17 heavy (non-hydrogen) atoms. The molecule has 0 aliphatic rings. The van der Waals surface area contributed by atoms with Crippen molar-refractivity contribution in [1.29, 1.82) is 5.26 Å². The molecule has 0 unspecified atom stereocenters. The fraction of sp³-hybridized carbons (Fsp3) is 0.455. The van der Waals surface area contributed by atoms with Crippen molar-refractivity contribution < 1.29 is 4.79 Å². The maximum atomic E-state index is 12.0. The van der Waals surface area contributed by atoms with Crippen molar-refractivity contribution in [2.45, 2.75) is 13.3 Å². The van der Waals surface area contributed by atoms with Gasteiger partial charge in [-0.05, 0) is 19.1 Å². The van der Waals surface area contributed by atoms with E-state index in [1.54, 1.807) is 24.1 Å². The van der Waals surface area contributed by atoms with E-state index in [-0.39, 0.29) is 5.91 Å². The molecule has 0 fully saturated rings. The molecule has 0 atom stereocenters. The van der Waals surface area contributed by atoms with Crippen molar-refractivity contribution in [3.05, 3.63) is 17.8 Å². The van der Waals surface area contributed by atoms with Crippen LogP contribution in [0.4, 0.5) is 5.82 Å². The van der Waals surface area contributed by atoms with Crippen LogP contribution in [0, 0.1) is 11.3 Å². The Kier molecular flexibility index (Phi) is 4.88. The van der Waals surface area contributed by atoms with Crippen LogP contribution in [0.3, 0.4) is 0 Å². The molecule has 0 saturated heterocycles. The van der Waals surface area contributed by atoms with Crippen LogP contribution in [0.2, 0.25) is 0 Å². The van der Waals surface area contributed by atoms with E-state index in [0.29, 0.717) is 31.0 Å². The first kappa shape index (κ1) is 12.9. The molecule has 1 heterocycles. The highest BCUT2D eigenvalue weighted by atomic mass is 16.2. The number of nitrogens with zero attached hydrogens (tertiary/aromatic N) is 4. The number of nitriles is 1. The van der Waals surface area contributed by atoms with Gasteiger partial charge in [0, 0.05) is 20.1 Å². The minimum atomic E-state index is -0.196. The Labute approximate surface area is 100 Å². The van der Waals surface area contributed by atoms with Crippen LogP contribution in [0.25, 0.3) is 0 Å². The molecule has 1 amide bonds. The number of amides is 1. The molecule has 0 aromatic carbocycles. The van der Waals surface area contributed by atoms with E-state index in [4.69, 9.17) is 5.26 Å². The van der Waals surface area contributed by atoms with Gasteiger partial charge in [-0.25, -0.2) is 0 Å². The van der Waals surface area contributed by atoms with Gasteiger partial charge in [0.05, 0.1) is 12.5 Å². The van der Waals surface area contributed by atoms with Gasteiger partial charge in [-0.1, -0.05) is 0 Å². The quantitative estimate of drug-likeness (QED) is 0.816. The molecule has 1 rings (SSSR count). The topological polar surface area (TPSA) is 81.9 Å². The van der Waals surface area contributed by atoms with Crippen molar-refractivity contribution in [1.82, 2.24) is 15.1 Å². The molecule has 1 aromatic heterocycles. The van der Waals surface area contributed by atoms with Crippen LogP contribution in [0.15, 0.2) is 12.1 Å². The van der Waals surface area contributed by atoms with E-state index in [0.717, 1.165) is 0 Å².